The zero-order valence-electron chi connectivity index (χ0n) is 12.2. The van der Waals surface area contributed by atoms with E-state index in [1.54, 1.807) is 20.8 Å². The van der Waals surface area contributed by atoms with E-state index < -0.39 is 40.2 Å². The number of halogens is 3. The first-order valence-electron chi connectivity index (χ1n) is 6.50. The van der Waals surface area contributed by atoms with Crippen molar-refractivity contribution < 1.29 is 18.1 Å². The summed E-state index contributed by atoms with van der Waals surface area (Å²) in [4.78, 5) is 0. The van der Waals surface area contributed by atoms with Gasteiger partial charge in [-0.1, -0.05) is 6.07 Å². The number of nitriles is 1. The Hall–Kier alpha value is -0.880. The summed E-state index contributed by atoms with van der Waals surface area (Å²) in [6, 6.07) is 4.59. The van der Waals surface area contributed by atoms with E-state index in [4.69, 9.17) is 4.74 Å². The number of hydrogen-bond acceptors (Lipinski definition) is 4. The summed E-state index contributed by atoms with van der Waals surface area (Å²) in [7, 11) is 0. The van der Waals surface area contributed by atoms with Crippen molar-refractivity contribution in [3.8, 4) is 11.8 Å². The molecular formula is C14H15BrF2N2O2S. The number of nitrogens with one attached hydrogen (secondary N) is 1. The number of ether oxygens (including phenoxy) is 1. The van der Waals surface area contributed by atoms with Crippen LogP contribution in [0.4, 0.5) is 8.78 Å². The maximum atomic E-state index is 14.5. The molecule has 0 amide bonds. The van der Waals surface area contributed by atoms with Crippen molar-refractivity contribution in [2.45, 2.75) is 37.2 Å². The largest absolute Gasteiger partial charge is 0.598 e. The van der Waals surface area contributed by atoms with Gasteiger partial charge in [0.25, 0.3) is 0 Å². The van der Waals surface area contributed by atoms with Gasteiger partial charge < -0.3 is 9.29 Å². The van der Waals surface area contributed by atoms with Crippen molar-refractivity contribution in [1.29, 1.82) is 5.26 Å². The molecule has 1 N–H and O–H groups in total. The first-order chi connectivity index (χ1) is 10.1. The minimum Gasteiger partial charge on any atom is -0.598 e. The van der Waals surface area contributed by atoms with E-state index in [-0.39, 0.29) is 15.8 Å². The van der Waals surface area contributed by atoms with Crippen LogP contribution in [0, 0.1) is 17.1 Å². The molecule has 0 bridgehead atoms. The van der Waals surface area contributed by atoms with E-state index in [1.807, 2.05) is 6.07 Å². The van der Waals surface area contributed by atoms with E-state index in [9.17, 15) is 18.6 Å². The van der Waals surface area contributed by atoms with Gasteiger partial charge in [0.05, 0.1) is 10.5 Å². The number of fused-ring (bicyclic) bond motifs is 1. The van der Waals surface area contributed by atoms with Crippen molar-refractivity contribution >= 4 is 27.3 Å². The molecule has 0 radical (unpaired) electrons. The standard InChI is InChI=1S/C14H15BrF2N2O2S/c1-13(2,3)22(20)19-14(7-18)8-4-5-9(15)11(17)12(8)21-6-10(14)16/h4-5,10,19H,6H2,1-3H3/t10-,14+,22-/m0/s1. The first kappa shape index (κ1) is 17.5. The van der Waals surface area contributed by atoms with Crippen LogP contribution in [0.25, 0.3) is 0 Å². The highest BCUT2D eigenvalue weighted by Gasteiger charge is 2.53. The zero-order valence-corrected chi connectivity index (χ0v) is 14.6. The van der Waals surface area contributed by atoms with Crippen LogP contribution in [0.2, 0.25) is 0 Å². The molecule has 0 unspecified atom stereocenters. The molecule has 0 aromatic heterocycles. The summed E-state index contributed by atoms with van der Waals surface area (Å²) in [5.74, 6) is -0.921. The third-order valence-electron chi connectivity index (χ3n) is 3.30. The van der Waals surface area contributed by atoms with Crippen LogP contribution in [0.3, 0.4) is 0 Å². The second-order valence-corrected chi connectivity index (χ2v) is 8.74. The Kier molecular flexibility index (Phi) is 4.74. The lowest BCUT2D eigenvalue weighted by Gasteiger charge is -2.38. The van der Waals surface area contributed by atoms with Gasteiger partial charge in [0.15, 0.2) is 17.7 Å². The van der Waals surface area contributed by atoms with Gasteiger partial charge in [-0.05, 0) is 42.8 Å². The molecule has 0 saturated carbocycles. The number of alkyl halides is 1. The number of rotatable bonds is 2. The summed E-state index contributed by atoms with van der Waals surface area (Å²) in [6.45, 7) is 4.58. The van der Waals surface area contributed by atoms with Crippen LogP contribution < -0.4 is 9.46 Å². The van der Waals surface area contributed by atoms with Gasteiger partial charge in [-0.2, -0.15) is 5.26 Å². The van der Waals surface area contributed by atoms with Crippen LogP contribution in [-0.2, 0) is 16.9 Å². The molecule has 120 valence electrons. The fraction of sp³-hybridized carbons (Fsp3) is 0.500. The van der Waals surface area contributed by atoms with E-state index in [1.165, 1.54) is 12.1 Å². The average Bonchev–Trinajstić information content (AvgIpc) is 2.44. The molecule has 0 saturated heterocycles. The number of hydrogen-bond donors (Lipinski definition) is 1. The highest BCUT2D eigenvalue weighted by atomic mass is 79.9. The Morgan fingerprint density at radius 1 is 1.55 bits per heavy atom. The second-order valence-electron chi connectivity index (χ2n) is 5.92. The van der Waals surface area contributed by atoms with Crippen LogP contribution in [0.15, 0.2) is 16.6 Å². The average molecular weight is 393 g/mol. The fourth-order valence-electron chi connectivity index (χ4n) is 2.01. The van der Waals surface area contributed by atoms with Gasteiger partial charge >= 0.3 is 0 Å². The van der Waals surface area contributed by atoms with E-state index >= 15 is 0 Å². The van der Waals surface area contributed by atoms with Crippen molar-refractivity contribution in [3.63, 3.8) is 0 Å². The van der Waals surface area contributed by atoms with Crippen LogP contribution >= 0.6 is 15.9 Å². The molecule has 1 aliphatic rings. The molecule has 22 heavy (non-hydrogen) atoms. The summed E-state index contributed by atoms with van der Waals surface area (Å²) >= 11 is 1.30. The predicted octanol–water partition coefficient (Wildman–Crippen LogP) is 3.09. The number of nitrogens with zero attached hydrogens (tertiary/aromatic N) is 1. The van der Waals surface area contributed by atoms with Gasteiger partial charge in [-0.15, -0.1) is 4.72 Å². The molecule has 1 aliphatic heterocycles. The molecule has 1 aromatic rings. The highest BCUT2D eigenvalue weighted by Crippen LogP contribution is 2.42. The van der Waals surface area contributed by atoms with Gasteiger partial charge in [0.1, 0.15) is 11.4 Å². The lowest BCUT2D eigenvalue weighted by molar-refractivity contribution is 0.104. The van der Waals surface area contributed by atoms with Gasteiger partial charge in [-0.3, -0.25) is 0 Å². The topological polar surface area (TPSA) is 68.1 Å². The van der Waals surface area contributed by atoms with E-state index in [0.717, 1.165) is 0 Å². The summed E-state index contributed by atoms with van der Waals surface area (Å²) < 4.78 is 48.1. The molecule has 0 aliphatic carbocycles. The molecule has 1 heterocycles. The normalized spacial score (nSPS) is 25.8. The van der Waals surface area contributed by atoms with Crippen molar-refractivity contribution in [3.05, 3.63) is 28.0 Å². The maximum Gasteiger partial charge on any atom is 0.212 e. The molecule has 0 spiro atoms. The molecule has 2 rings (SSSR count). The SMILES string of the molecule is CC(C)(C)[S@+]([O-])N[C@]1(C#N)c2ccc(Br)c(F)c2OC[C@@H]1F. The fourth-order valence-corrected chi connectivity index (χ4v) is 3.20. The molecular weight excluding hydrogens is 378 g/mol. The van der Waals surface area contributed by atoms with Crippen LogP contribution in [0.5, 0.6) is 5.75 Å². The highest BCUT2D eigenvalue weighted by molar-refractivity contribution is 9.10. The third kappa shape index (κ3) is 2.83. The molecule has 4 nitrogen and oxygen atoms in total. The second kappa shape index (κ2) is 5.96. The minimum absolute atomic E-state index is 0.00653. The Labute approximate surface area is 139 Å². The number of benzene rings is 1. The summed E-state index contributed by atoms with van der Waals surface area (Å²) in [5.41, 5.74) is -1.92. The van der Waals surface area contributed by atoms with Crippen LogP contribution in [0.1, 0.15) is 26.3 Å². The minimum atomic E-state index is -1.92. The Morgan fingerprint density at radius 3 is 2.73 bits per heavy atom. The van der Waals surface area contributed by atoms with E-state index in [0.29, 0.717) is 0 Å². The lowest BCUT2D eigenvalue weighted by Crippen LogP contribution is -2.58. The quantitative estimate of drug-likeness (QED) is 0.785. The predicted molar refractivity (Wildman–Crippen MR) is 82.8 cm³/mol. The maximum absolute atomic E-state index is 14.5. The monoisotopic (exact) mass is 392 g/mol. The van der Waals surface area contributed by atoms with Crippen molar-refractivity contribution in [2.75, 3.05) is 6.61 Å². The van der Waals surface area contributed by atoms with Crippen molar-refractivity contribution in [1.82, 2.24) is 4.72 Å². The van der Waals surface area contributed by atoms with Gasteiger partial charge in [-0.25, -0.2) is 8.78 Å². The molecule has 0 fully saturated rings. The van der Waals surface area contributed by atoms with Gasteiger partial charge in [0.2, 0.25) is 5.54 Å². The first-order valence-corrected chi connectivity index (χ1v) is 8.44. The smallest absolute Gasteiger partial charge is 0.212 e. The molecule has 8 heteroatoms. The Balaban J connectivity index is 2.57. The Morgan fingerprint density at radius 2 is 2.18 bits per heavy atom. The molecule has 3 atom stereocenters. The molecule has 1 aromatic carbocycles. The zero-order chi connectivity index (χ0) is 16.7. The summed E-state index contributed by atoms with van der Waals surface area (Å²) in [5, 5.41) is 9.56. The van der Waals surface area contributed by atoms with E-state index in [2.05, 4.69) is 20.7 Å². The third-order valence-corrected chi connectivity index (χ3v) is 5.54. The lowest BCUT2D eigenvalue weighted by atomic mass is 9.85. The Bertz CT molecular complexity index is 632. The van der Waals surface area contributed by atoms with Crippen molar-refractivity contribution in [2.24, 2.45) is 0 Å². The van der Waals surface area contributed by atoms with Gasteiger partial charge in [0, 0.05) is 16.9 Å². The van der Waals surface area contributed by atoms with Crippen LogP contribution in [-0.4, -0.2) is 22.1 Å². The summed E-state index contributed by atoms with van der Waals surface area (Å²) in [6.07, 6.45) is -1.78.